The van der Waals surface area contributed by atoms with Gasteiger partial charge in [0, 0.05) is 58.4 Å². The third kappa shape index (κ3) is 4.43. The highest BCUT2D eigenvalue weighted by Gasteiger charge is 2.18. The van der Waals surface area contributed by atoms with Gasteiger partial charge < -0.3 is 8.83 Å². The molecule has 0 aliphatic rings. The van der Waals surface area contributed by atoms with Crippen molar-refractivity contribution in [1.29, 1.82) is 0 Å². The van der Waals surface area contributed by atoms with E-state index in [4.69, 9.17) is 23.8 Å². The van der Waals surface area contributed by atoms with Gasteiger partial charge in [-0.1, -0.05) is 109 Å². The van der Waals surface area contributed by atoms with Crippen molar-refractivity contribution >= 4 is 75.4 Å². The summed E-state index contributed by atoms with van der Waals surface area (Å²) in [5.74, 6) is 1.83. The minimum Gasteiger partial charge on any atom is -0.456 e. The SMILES string of the molecule is c1ccc2c(c1)oc1cc(-c3nc(-c4ccc(-c5cccc6oc7ccccc7c56)cc4)nc(-c4cccc5c4sc4ccccc45)n3)ccc12. The second-order valence-electron chi connectivity index (χ2n) is 12.8. The molecule has 0 saturated carbocycles. The molecule has 11 aromatic rings. The van der Waals surface area contributed by atoms with E-state index in [1.165, 1.54) is 15.5 Å². The lowest BCUT2D eigenvalue weighted by Crippen LogP contribution is -2.00. The van der Waals surface area contributed by atoms with Gasteiger partial charge in [-0.15, -0.1) is 11.3 Å². The third-order valence-electron chi connectivity index (χ3n) is 9.77. The standard InChI is InChI=1S/C45H25N3O2S/c1-4-15-36-30(9-1)31-24-23-28(25-39(31)50-36)44-46-43(47-45(48-44)35-14-7-13-33-32-10-3-6-18-40(32)51-42(33)35)27-21-19-26(20-22-27)29-12-8-17-38-41(29)34-11-2-5-16-37(34)49-38/h1-25H. The number of rotatable bonds is 4. The smallest absolute Gasteiger partial charge is 0.165 e. The molecule has 0 radical (unpaired) electrons. The second-order valence-corrected chi connectivity index (χ2v) is 13.8. The Kier molecular flexibility index (Phi) is 6.05. The van der Waals surface area contributed by atoms with E-state index >= 15 is 0 Å². The first-order chi connectivity index (χ1) is 25.2. The topological polar surface area (TPSA) is 65.0 Å². The molecule has 0 bridgehead atoms. The molecule has 0 amide bonds. The number of benzene rings is 7. The van der Waals surface area contributed by atoms with Crippen molar-refractivity contribution in [3.05, 3.63) is 152 Å². The average Bonchev–Trinajstić information content (AvgIpc) is 3.89. The fraction of sp³-hybridized carbons (Fsp3) is 0. The maximum Gasteiger partial charge on any atom is 0.165 e. The predicted molar refractivity (Wildman–Crippen MR) is 209 cm³/mol. The summed E-state index contributed by atoms with van der Waals surface area (Å²) < 4.78 is 14.8. The zero-order valence-electron chi connectivity index (χ0n) is 27.0. The molecule has 5 nitrogen and oxygen atoms in total. The Bertz CT molecular complexity index is 3150. The number of thiophene rings is 1. The van der Waals surface area contributed by atoms with Crippen molar-refractivity contribution < 1.29 is 8.83 Å². The molecule has 11 rings (SSSR count). The van der Waals surface area contributed by atoms with Crippen molar-refractivity contribution in [2.45, 2.75) is 0 Å². The van der Waals surface area contributed by atoms with Crippen LogP contribution in [0.5, 0.6) is 0 Å². The molecule has 7 aromatic carbocycles. The fourth-order valence-electron chi connectivity index (χ4n) is 7.36. The molecule has 6 heteroatoms. The zero-order valence-corrected chi connectivity index (χ0v) is 27.8. The first kappa shape index (κ1) is 28.2. The van der Waals surface area contributed by atoms with Crippen LogP contribution < -0.4 is 0 Å². The van der Waals surface area contributed by atoms with Gasteiger partial charge in [-0.3, -0.25) is 0 Å². The lowest BCUT2D eigenvalue weighted by atomic mass is 9.98. The van der Waals surface area contributed by atoms with Crippen LogP contribution in [0.1, 0.15) is 0 Å². The summed E-state index contributed by atoms with van der Waals surface area (Å²) in [4.78, 5) is 15.4. The first-order valence-electron chi connectivity index (χ1n) is 16.8. The summed E-state index contributed by atoms with van der Waals surface area (Å²) >= 11 is 1.77. The molecule has 4 heterocycles. The maximum atomic E-state index is 6.27. The Hall–Kier alpha value is -6.63. The fourth-order valence-corrected chi connectivity index (χ4v) is 8.57. The van der Waals surface area contributed by atoms with Crippen LogP contribution in [0.3, 0.4) is 0 Å². The van der Waals surface area contributed by atoms with Gasteiger partial charge in [0.25, 0.3) is 0 Å². The van der Waals surface area contributed by atoms with E-state index in [2.05, 4.69) is 103 Å². The quantitative estimate of drug-likeness (QED) is 0.186. The summed E-state index contributed by atoms with van der Waals surface area (Å²) in [6, 6.07) is 52.1. The van der Waals surface area contributed by atoms with E-state index < -0.39 is 0 Å². The van der Waals surface area contributed by atoms with Gasteiger partial charge in [-0.05, 0) is 53.6 Å². The van der Waals surface area contributed by atoms with Crippen LogP contribution >= 0.6 is 11.3 Å². The van der Waals surface area contributed by atoms with E-state index in [0.29, 0.717) is 17.5 Å². The van der Waals surface area contributed by atoms with Crippen LogP contribution in [0.4, 0.5) is 0 Å². The molecule has 0 saturated heterocycles. The largest absolute Gasteiger partial charge is 0.456 e. The van der Waals surface area contributed by atoms with Crippen molar-refractivity contribution in [3.63, 3.8) is 0 Å². The number of fused-ring (bicyclic) bond motifs is 9. The van der Waals surface area contributed by atoms with Crippen molar-refractivity contribution in [3.8, 4) is 45.3 Å². The van der Waals surface area contributed by atoms with Gasteiger partial charge in [0.05, 0.1) is 0 Å². The summed E-state index contributed by atoms with van der Waals surface area (Å²) in [7, 11) is 0. The normalized spacial score (nSPS) is 11.9. The van der Waals surface area contributed by atoms with E-state index in [1.807, 2.05) is 48.5 Å². The van der Waals surface area contributed by atoms with Crippen molar-refractivity contribution in [2.75, 3.05) is 0 Å². The maximum absolute atomic E-state index is 6.27. The van der Waals surface area contributed by atoms with E-state index in [9.17, 15) is 0 Å². The molecular formula is C45H25N3O2S. The van der Waals surface area contributed by atoms with Crippen LogP contribution in [0, 0.1) is 0 Å². The lowest BCUT2D eigenvalue weighted by molar-refractivity contribution is 0.668. The van der Waals surface area contributed by atoms with Gasteiger partial charge in [-0.2, -0.15) is 0 Å². The molecule has 0 aliphatic carbocycles. The number of furan rings is 2. The number of hydrogen-bond acceptors (Lipinski definition) is 6. The van der Waals surface area contributed by atoms with Crippen LogP contribution in [0.2, 0.25) is 0 Å². The average molecular weight is 672 g/mol. The van der Waals surface area contributed by atoms with Crippen molar-refractivity contribution in [1.82, 2.24) is 15.0 Å². The van der Waals surface area contributed by atoms with Gasteiger partial charge in [0.15, 0.2) is 17.5 Å². The number of nitrogens with zero attached hydrogens (tertiary/aromatic N) is 3. The van der Waals surface area contributed by atoms with Crippen molar-refractivity contribution in [2.24, 2.45) is 0 Å². The minimum absolute atomic E-state index is 0.592. The highest BCUT2D eigenvalue weighted by molar-refractivity contribution is 7.26. The van der Waals surface area contributed by atoms with Crippen LogP contribution in [0.25, 0.3) is 109 Å². The van der Waals surface area contributed by atoms with E-state index in [-0.39, 0.29) is 0 Å². The minimum atomic E-state index is 0.592. The Morgan fingerprint density at radius 1 is 0.373 bits per heavy atom. The molecular weight excluding hydrogens is 647 g/mol. The Morgan fingerprint density at radius 2 is 0.941 bits per heavy atom. The predicted octanol–water partition coefficient (Wildman–Crippen LogP) is 12.7. The highest BCUT2D eigenvalue weighted by Crippen LogP contribution is 2.41. The zero-order chi connectivity index (χ0) is 33.5. The molecule has 51 heavy (non-hydrogen) atoms. The Morgan fingerprint density at radius 3 is 1.80 bits per heavy atom. The molecule has 0 N–H and O–H groups in total. The third-order valence-corrected chi connectivity index (χ3v) is 11.0. The molecule has 0 aliphatic heterocycles. The van der Waals surface area contributed by atoms with E-state index in [1.54, 1.807) is 11.3 Å². The molecule has 238 valence electrons. The Labute approximate surface area is 295 Å². The molecule has 0 spiro atoms. The second kappa shape index (κ2) is 10.9. The molecule has 0 unspecified atom stereocenters. The van der Waals surface area contributed by atoms with Crippen LogP contribution in [-0.2, 0) is 0 Å². The first-order valence-corrected chi connectivity index (χ1v) is 17.7. The number of para-hydroxylation sites is 2. The van der Waals surface area contributed by atoms with Gasteiger partial charge in [0.1, 0.15) is 22.3 Å². The summed E-state index contributed by atoms with van der Waals surface area (Å²) in [5.41, 5.74) is 8.39. The van der Waals surface area contributed by atoms with Gasteiger partial charge >= 0.3 is 0 Å². The van der Waals surface area contributed by atoms with Gasteiger partial charge in [-0.25, -0.2) is 15.0 Å². The summed E-state index contributed by atoms with van der Waals surface area (Å²) in [6.45, 7) is 0. The molecule has 4 aromatic heterocycles. The lowest BCUT2D eigenvalue weighted by Gasteiger charge is -2.10. The molecule has 0 atom stereocenters. The van der Waals surface area contributed by atoms with Crippen LogP contribution in [-0.4, -0.2) is 15.0 Å². The summed E-state index contributed by atoms with van der Waals surface area (Å²) in [5, 5.41) is 6.81. The summed E-state index contributed by atoms with van der Waals surface area (Å²) in [6.07, 6.45) is 0. The Balaban J connectivity index is 1.09. The van der Waals surface area contributed by atoms with E-state index in [0.717, 1.165) is 76.4 Å². The van der Waals surface area contributed by atoms with Gasteiger partial charge in [0.2, 0.25) is 0 Å². The highest BCUT2D eigenvalue weighted by atomic mass is 32.1. The molecule has 0 fully saturated rings. The monoisotopic (exact) mass is 671 g/mol. The number of hydrogen-bond donors (Lipinski definition) is 0. The number of aromatic nitrogens is 3. The van der Waals surface area contributed by atoms with Crippen LogP contribution in [0.15, 0.2) is 160 Å².